The fraction of sp³-hybridized carbons (Fsp3) is 0.833. The van der Waals surface area contributed by atoms with Gasteiger partial charge in [0.1, 0.15) is 0 Å². The minimum absolute atomic E-state index is 0.197. The molecule has 0 bridgehead atoms. The van der Waals surface area contributed by atoms with Crippen LogP contribution in [0.25, 0.3) is 0 Å². The molecule has 1 aliphatic heterocycles. The number of thioether (sulfide) groups is 1. The number of carboxylic acids is 1. The highest BCUT2D eigenvalue weighted by molar-refractivity contribution is 7.99. The Labute approximate surface area is 117 Å². The molecule has 0 aromatic heterocycles. The van der Waals surface area contributed by atoms with Crippen LogP contribution in [0.15, 0.2) is 0 Å². The van der Waals surface area contributed by atoms with E-state index in [0.717, 1.165) is 6.42 Å². The molecule has 110 valence electrons. The second kappa shape index (κ2) is 8.27. The van der Waals surface area contributed by atoms with Crippen LogP contribution in [0, 0.1) is 0 Å². The molecule has 1 rings (SSSR count). The standard InChI is InChI=1S/C12H22N2O4S/c1-8(19-2)5-6-13-12(17)14-7-9-3-4-10(18-9)11(15)16/h8-10H,3-7H2,1-2H3,(H,15,16)(H2,13,14,17). The van der Waals surface area contributed by atoms with Crippen molar-refractivity contribution in [1.82, 2.24) is 10.6 Å². The minimum atomic E-state index is -0.932. The molecule has 0 radical (unpaired) electrons. The molecule has 6 nitrogen and oxygen atoms in total. The molecule has 2 amide bonds. The summed E-state index contributed by atoms with van der Waals surface area (Å²) in [7, 11) is 0. The molecule has 0 saturated carbocycles. The maximum absolute atomic E-state index is 11.5. The van der Waals surface area contributed by atoms with Gasteiger partial charge in [0.15, 0.2) is 6.10 Å². The maximum atomic E-state index is 11.5. The summed E-state index contributed by atoms with van der Waals surface area (Å²) in [6.45, 7) is 3.10. The second-order valence-electron chi connectivity index (χ2n) is 4.63. The molecule has 0 aromatic rings. The summed E-state index contributed by atoms with van der Waals surface area (Å²) in [5, 5.41) is 14.8. The number of ether oxygens (including phenoxy) is 1. The molecular formula is C12H22N2O4S. The number of carbonyl (C=O) groups excluding carboxylic acids is 1. The summed E-state index contributed by atoms with van der Waals surface area (Å²) >= 11 is 1.77. The van der Waals surface area contributed by atoms with Gasteiger partial charge in [0, 0.05) is 18.3 Å². The zero-order chi connectivity index (χ0) is 14.3. The van der Waals surface area contributed by atoms with Gasteiger partial charge in [-0.1, -0.05) is 6.92 Å². The highest BCUT2D eigenvalue weighted by Crippen LogP contribution is 2.19. The third-order valence-corrected chi connectivity index (χ3v) is 4.15. The van der Waals surface area contributed by atoms with E-state index in [2.05, 4.69) is 17.6 Å². The van der Waals surface area contributed by atoms with E-state index in [0.29, 0.717) is 31.2 Å². The molecule has 3 atom stereocenters. The van der Waals surface area contributed by atoms with E-state index in [1.165, 1.54) is 0 Å². The smallest absolute Gasteiger partial charge is 0.332 e. The highest BCUT2D eigenvalue weighted by Gasteiger charge is 2.30. The zero-order valence-electron chi connectivity index (χ0n) is 11.3. The molecule has 0 aliphatic carbocycles. The monoisotopic (exact) mass is 290 g/mol. The van der Waals surface area contributed by atoms with Gasteiger partial charge in [-0.05, 0) is 25.5 Å². The third kappa shape index (κ3) is 6.15. The molecule has 1 aliphatic rings. The molecule has 3 unspecified atom stereocenters. The number of hydrogen-bond donors (Lipinski definition) is 3. The van der Waals surface area contributed by atoms with Crippen LogP contribution in [0.5, 0.6) is 0 Å². The van der Waals surface area contributed by atoms with Gasteiger partial charge in [0.25, 0.3) is 0 Å². The van der Waals surface area contributed by atoms with Crippen molar-refractivity contribution >= 4 is 23.8 Å². The Hall–Kier alpha value is -0.950. The van der Waals surface area contributed by atoms with Crippen molar-refractivity contribution in [3.8, 4) is 0 Å². The molecule has 1 heterocycles. The lowest BCUT2D eigenvalue weighted by molar-refractivity contribution is -0.149. The van der Waals surface area contributed by atoms with Crippen LogP contribution in [0.4, 0.5) is 4.79 Å². The van der Waals surface area contributed by atoms with Crippen molar-refractivity contribution < 1.29 is 19.4 Å². The van der Waals surface area contributed by atoms with Crippen molar-refractivity contribution in [2.45, 2.75) is 43.6 Å². The van der Waals surface area contributed by atoms with Crippen LogP contribution in [-0.2, 0) is 9.53 Å². The predicted octanol–water partition coefficient (Wildman–Crippen LogP) is 1.06. The molecular weight excluding hydrogens is 268 g/mol. The average Bonchev–Trinajstić information content (AvgIpc) is 2.85. The topological polar surface area (TPSA) is 87.7 Å². The van der Waals surface area contributed by atoms with E-state index in [1.54, 1.807) is 11.8 Å². The summed E-state index contributed by atoms with van der Waals surface area (Å²) in [6, 6.07) is -0.226. The van der Waals surface area contributed by atoms with E-state index in [1.807, 2.05) is 6.26 Å². The number of hydrogen-bond acceptors (Lipinski definition) is 4. The van der Waals surface area contributed by atoms with Crippen LogP contribution in [0.1, 0.15) is 26.2 Å². The Bertz CT molecular complexity index is 314. The number of aliphatic carboxylic acids is 1. The Kier molecular flexibility index (Phi) is 7.01. The predicted molar refractivity (Wildman–Crippen MR) is 74.5 cm³/mol. The van der Waals surface area contributed by atoms with Gasteiger partial charge in [-0.2, -0.15) is 11.8 Å². The maximum Gasteiger partial charge on any atom is 0.332 e. The molecule has 7 heteroatoms. The summed E-state index contributed by atoms with van der Waals surface area (Å²) in [6.07, 6.45) is 3.22. The largest absolute Gasteiger partial charge is 0.479 e. The van der Waals surface area contributed by atoms with Gasteiger partial charge in [0.05, 0.1) is 6.10 Å². The molecule has 19 heavy (non-hydrogen) atoms. The second-order valence-corrected chi connectivity index (χ2v) is 5.91. The van der Waals surface area contributed by atoms with Crippen molar-refractivity contribution in [1.29, 1.82) is 0 Å². The van der Waals surface area contributed by atoms with E-state index >= 15 is 0 Å². The Morgan fingerprint density at radius 3 is 2.74 bits per heavy atom. The van der Waals surface area contributed by atoms with Gasteiger partial charge < -0.3 is 20.5 Å². The number of nitrogens with one attached hydrogen (secondary N) is 2. The van der Waals surface area contributed by atoms with Gasteiger partial charge in [-0.15, -0.1) is 0 Å². The first-order valence-corrected chi connectivity index (χ1v) is 7.74. The van der Waals surface area contributed by atoms with Crippen LogP contribution >= 0.6 is 11.8 Å². The first-order valence-electron chi connectivity index (χ1n) is 6.45. The summed E-state index contributed by atoms with van der Waals surface area (Å²) in [5.41, 5.74) is 0. The number of urea groups is 1. The van der Waals surface area contributed by atoms with E-state index in [9.17, 15) is 9.59 Å². The number of carboxylic acid groups (broad SMARTS) is 1. The molecule has 1 saturated heterocycles. The summed E-state index contributed by atoms with van der Waals surface area (Å²) in [5.74, 6) is -0.932. The lowest BCUT2D eigenvalue weighted by atomic mass is 10.2. The van der Waals surface area contributed by atoms with Crippen molar-refractivity contribution in [3.63, 3.8) is 0 Å². The quantitative estimate of drug-likeness (QED) is 0.652. The van der Waals surface area contributed by atoms with Gasteiger partial charge in [0.2, 0.25) is 0 Å². The number of carbonyl (C=O) groups is 2. The van der Waals surface area contributed by atoms with Crippen LogP contribution in [0.3, 0.4) is 0 Å². The van der Waals surface area contributed by atoms with Crippen molar-refractivity contribution in [3.05, 3.63) is 0 Å². The van der Waals surface area contributed by atoms with Gasteiger partial charge in [-0.25, -0.2) is 9.59 Å². The van der Waals surface area contributed by atoms with Crippen LogP contribution in [0.2, 0.25) is 0 Å². The third-order valence-electron chi connectivity index (χ3n) is 3.11. The van der Waals surface area contributed by atoms with Crippen molar-refractivity contribution in [2.24, 2.45) is 0 Å². The van der Waals surface area contributed by atoms with Gasteiger partial charge in [-0.3, -0.25) is 0 Å². The van der Waals surface area contributed by atoms with E-state index in [-0.39, 0.29) is 12.1 Å². The van der Waals surface area contributed by atoms with Crippen LogP contribution < -0.4 is 10.6 Å². The fourth-order valence-electron chi connectivity index (χ4n) is 1.81. The fourth-order valence-corrected chi connectivity index (χ4v) is 2.17. The van der Waals surface area contributed by atoms with Crippen molar-refractivity contribution in [2.75, 3.05) is 19.3 Å². The molecule has 0 aromatic carbocycles. The van der Waals surface area contributed by atoms with Crippen LogP contribution in [-0.4, -0.2) is 53.9 Å². The average molecular weight is 290 g/mol. The van der Waals surface area contributed by atoms with E-state index < -0.39 is 12.1 Å². The molecule has 0 spiro atoms. The lowest BCUT2D eigenvalue weighted by Crippen LogP contribution is -2.40. The summed E-state index contributed by atoms with van der Waals surface area (Å²) in [4.78, 5) is 22.2. The lowest BCUT2D eigenvalue weighted by Gasteiger charge is -2.13. The summed E-state index contributed by atoms with van der Waals surface area (Å²) < 4.78 is 5.29. The number of amides is 2. The Morgan fingerprint density at radius 1 is 1.42 bits per heavy atom. The van der Waals surface area contributed by atoms with Gasteiger partial charge >= 0.3 is 12.0 Å². The highest BCUT2D eigenvalue weighted by atomic mass is 32.2. The normalized spacial score (nSPS) is 23.9. The zero-order valence-corrected chi connectivity index (χ0v) is 12.2. The minimum Gasteiger partial charge on any atom is -0.479 e. The number of rotatable bonds is 7. The first-order chi connectivity index (χ1) is 9.02. The molecule has 1 fully saturated rings. The van der Waals surface area contributed by atoms with E-state index in [4.69, 9.17) is 9.84 Å². The Balaban J connectivity index is 2.09. The Morgan fingerprint density at radius 2 is 2.16 bits per heavy atom. The SMILES string of the molecule is CSC(C)CCNC(=O)NCC1CCC(C(=O)O)O1. The first kappa shape index (κ1) is 16.1. The molecule has 3 N–H and O–H groups in total.